The number of pyridine rings is 1. The van der Waals surface area contributed by atoms with Crippen LogP contribution in [-0.2, 0) is 0 Å². The molecular weight excluding hydrogens is 404 g/mol. The van der Waals surface area contributed by atoms with Gasteiger partial charge in [-0.1, -0.05) is 39.8 Å². The summed E-state index contributed by atoms with van der Waals surface area (Å²) in [6.45, 7) is 15.1. The van der Waals surface area contributed by atoms with E-state index in [0.29, 0.717) is 0 Å². The van der Waals surface area contributed by atoms with E-state index in [2.05, 4.69) is 40.4 Å². The summed E-state index contributed by atoms with van der Waals surface area (Å²) < 4.78 is 5.08. The third-order valence-electron chi connectivity index (χ3n) is 5.02. The molecule has 31 heavy (non-hydrogen) atoms. The molecule has 1 saturated heterocycles. The predicted octanol–water partition coefficient (Wildman–Crippen LogP) is 6.24. The van der Waals surface area contributed by atoms with Crippen LogP contribution in [0.2, 0.25) is 0 Å². The lowest BCUT2D eigenvalue weighted by Gasteiger charge is -2.25. The first kappa shape index (κ1) is 27.5. The first-order valence-corrected chi connectivity index (χ1v) is 12.7. The van der Waals surface area contributed by atoms with Gasteiger partial charge in [-0.05, 0) is 62.6 Å². The van der Waals surface area contributed by atoms with E-state index in [1.807, 2.05) is 53.7 Å². The van der Waals surface area contributed by atoms with Gasteiger partial charge in [0.25, 0.3) is 0 Å². The maximum atomic E-state index is 9.54. The van der Waals surface area contributed by atoms with Crippen molar-refractivity contribution in [2.75, 3.05) is 33.0 Å². The lowest BCUT2D eigenvalue weighted by molar-refractivity contribution is 0.0404. The molecule has 2 unspecified atom stereocenters. The summed E-state index contributed by atoms with van der Waals surface area (Å²) in [7, 11) is 1.64. The maximum absolute atomic E-state index is 9.54. The number of β-amino-alcohol motifs (C(OH)–C–C–N with tert-alkyl or cyclic N) is 1. The van der Waals surface area contributed by atoms with Gasteiger partial charge in [-0.3, -0.25) is 9.88 Å². The predicted molar refractivity (Wildman–Crippen MR) is 135 cm³/mol. The second-order valence-electron chi connectivity index (χ2n) is 8.07. The Hall–Kier alpha value is -1.56. The van der Waals surface area contributed by atoms with Crippen LogP contribution in [0.25, 0.3) is 11.3 Å². The van der Waals surface area contributed by atoms with E-state index in [-0.39, 0.29) is 0 Å². The lowest BCUT2D eigenvalue weighted by atomic mass is 10.1. The number of likely N-dealkylation sites (tertiary alicyclic amines) is 1. The molecule has 2 aromatic rings. The number of ether oxygens (including phenoxy) is 1. The average Bonchev–Trinajstić information content (AvgIpc) is 3.41. The van der Waals surface area contributed by atoms with E-state index in [1.165, 1.54) is 24.4 Å². The molecule has 0 bridgehead atoms. The van der Waals surface area contributed by atoms with Crippen LogP contribution in [0.5, 0.6) is 5.75 Å². The lowest BCUT2D eigenvalue weighted by Crippen LogP contribution is -2.38. The van der Waals surface area contributed by atoms with Gasteiger partial charge in [-0.25, -0.2) is 0 Å². The minimum absolute atomic E-state index is 0.503. The standard InChI is InChI=1S/C13H13NOS.C9H17NO.2C2H6/c1-15-11-5-8-13(14-9-11)10-3-6-12(16-2)7-4-10;1-9(2,11)6-10-4-7-3-8(7)5-10;2*1-2/h3-9H,1-2H3;7-8,11H,3-6H2,1-2H3;2*1-2H3. The van der Waals surface area contributed by atoms with Gasteiger partial charge in [0.1, 0.15) is 5.75 Å². The van der Waals surface area contributed by atoms with Crippen molar-refractivity contribution in [2.45, 2.75) is 58.5 Å². The van der Waals surface area contributed by atoms with Crippen LogP contribution >= 0.6 is 11.8 Å². The van der Waals surface area contributed by atoms with Crippen LogP contribution in [0.15, 0.2) is 47.5 Å². The van der Waals surface area contributed by atoms with E-state index < -0.39 is 5.60 Å². The van der Waals surface area contributed by atoms with Gasteiger partial charge in [-0.15, -0.1) is 11.8 Å². The van der Waals surface area contributed by atoms with Crippen molar-refractivity contribution in [3.05, 3.63) is 42.6 Å². The van der Waals surface area contributed by atoms with E-state index in [9.17, 15) is 5.11 Å². The number of fused-ring (bicyclic) bond motifs is 1. The molecule has 5 heteroatoms. The van der Waals surface area contributed by atoms with Gasteiger partial charge in [0.2, 0.25) is 0 Å². The third-order valence-corrected chi connectivity index (χ3v) is 5.77. The number of hydrogen-bond donors (Lipinski definition) is 1. The minimum atomic E-state index is -0.503. The highest BCUT2D eigenvalue weighted by atomic mass is 32.2. The Kier molecular flexibility index (Phi) is 12.2. The second kappa shape index (κ2) is 13.8. The minimum Gasteiger partial charge on any atom is -0.495 e. The normalized spacial score (nSPS) is 18.9. The molecule has 2 fully saturated rings. The SMILES string of the molecule is CC.CC.CC(C)(O)CN1CC2CC2C1.COc1ccc(-c2ccc(SC)cc2)nc1. The van der Waals surface area contributed by atoms with Crippen LogP contribution in [0.3, 0.4) is 0 Å². The first-order chi connectivity index (χ1) is 14.9. The molecule has 1 aliphatic heterocycles. The highest BCUT2D eigenvalue weighted by Crippen LogP contribution is 2.45. The zero-order valence-electron chi connectivity index (χ0n) is 20.7. The van der Waals surface area contributed by atoms with Gasteiger partial charge in [0, 0.05) is 30.1 Å². The Morgan fingerprint density at radius 3 is 2.03 bits per heavy atom. The van der Waals surface area contributed by atoms with Crippen LogP contribution < -0.4 is 4.74 Å². The molecule has 4 rings (SSSR count). The third kappa shape index (κ3) is 9.63. The number of hydrogen-bond acceptors (Lipinski definition) is 5. The number of piperidine rings is 1. The topological polar surface area (TPSA) is 45.6 Å². The maximum Gasteiger partial charge on any atom is 0.137 e. The number of rotatable bonds is 5. The molecule has 1 aromatic heterocycles. The number of nitrogens with zero attached hydrogens (tertiary/aromatic N) is 2. The van der Waals surface area contributed by atoms with Crippen LogP contribution in [0.4, 0.5) is 0 Å². The highest BCUT2D eigenvalue weighted by molar-refractivity contribution is 7.98. The summed E-state index contributed by atoms with van der Waals surface area (Å²) in [6.07, 6.45) is 5.25. The fraction of sp³-hybridized carbons (Fsp3) is 0.577. The number of benzene rings is 1. The Morgan fingerprint density at radius 2 is 1.61 bits per heavy atom. The molecule has 4 nitrogen and oxygen atoms in total. The van der Waals surface area contributed by atoms with Gasteiger partial charge < -0.3 is 9.84 Å². The molecule has 1 aromatic carbocycles. The van der Waals surface area contributed by atoms with Gasteiger partial charge in [-0.2, -0.15) is 0 Å². The molecule has 2 aliphatic rings. The summed E-state index contributed by atoms with van der Waals surface area (Å²) in [6, 6.07) is 12.3. The van der Waals surface area contributed by atoms with Crippen molar-refractivity contribution < 1.29 is 9.84 Å². The van der Waals surface area contributed by atoms with Crippen molar-refractivity contribution in [3.63, 3.8) is 0 Å². The van der Waals surface area contributed by atoms with Crippen LogP contribution in [-0.4, -0.2) is 53.6 Å². The summed E-state index contributed by atoms with van der Waals surface area (Å²) in [5.74, 6) is 2.75. The van der Waals surface area contributed by atoms with Crippen LogP contribution in [0.1, 0.15) is 48.0 Å². The van der Waals surface area contributed by atoms with E-state index in [1.54, 1.807) is 25.1 Å². The molecule has 2 atom stereocenters. The summed E-state index contributed by atoms with van der Waals surface area (Å²) >= 11 is 1.74. The Labute approximate surface area is 194 Å². The molecule has 1 N–H and O–H groups in total. The van der Waals surface area contributed by atoms with Gasteiger partial charge in [0.15, 0.2) is 0 Å². The van der Waals surface area contributed by atoms with Crippen molar-refractivity contribution in [3.8, 4) is 17.0 Å². The van der Waals surface area contributed by atoms with Gasteiger partial charge in [0.05, 0.1) is 24.6 Å². The molecule has 0 radical (unpaired) electrons. The average molecular weight is 447 g/mol. The molecule has 0 spiro atoms. The van der Waals surface area contributed by atoms with Crippen LogP contribution in [0, 0.1) is 11.8 Å². The van der Waals surface area contributed by atoms with Crippen molar-refractivity contribution in [1.29, 1.82) is 0 Å². The van der Waals surface area contributed by atoms with Crippen molar-refractivity contribution >= 4 is 11.8 Å². The molecular formula is C26H42N2O2S. The van der Waals surface area contributed by atoms with E-state index >= 15 is 0 Å². The molecule has 1 aliphatic carbocycles. The number of thioether (sulfide) groups is 1. The summed E-state index contributed by atoms with van der Waals surface area (Å²) in [4.78, 5) is 7.99. The highest BCUT2D eigenvalue weighted by Gasteiger charge is 2.45. The Bertz CT molecular complexity index is 671. The second-order valence-corrected chi connectivity index (χ2v) is 8.95. The zero-order chi connectivity index (χ0) is 23.4. The first-order valence-electron chi connectivity index (χ1n) is 11.5. The fourth-order valence-corrected chi connectivity index (χ4v) is 4.01. The van der Waals surface area contributed by atoms with E-state index in [4.69, 9.17) is 4.74 Å². The number of aliphatic hydroxyl groups is 1. The summed E-state index contributed by atoms with van der Waals surface area (Å²) in [5.41, 5.74) is 1.59. The fourth-order valence-electron chi connectivity index (χ4n) is 3.61. The Morgan fingerprint density at radius 1 is 1.03 bits per heavy atom. The summed E-state index contributed by atoms with van der Waals surface area (Å²) in [5, 5.41) is 9.54. The molecule has 174 valence electrons. The molecule has 2 heterocycles. The monoisotopic (exact) mass is 446 g/mol. The zero-order valence-corrected chi connectivity index (χ0v) is 21.5. The molecule has 1 saturated carbocycles. The Balaban J connectivity index is 0.000000279. The van der Waals surface area contributed by atoms with Crippen molar-refractivity contribution in [2.24, 2.45) is 11.8 Å². The van der Waals surface area contributed by atoms with Gasteiger partial charge >= 0.3 is 0 Å². The number of methoxy groups -OCH3 is 1. The largest absolute Gasteiger partial charge is 0.495 e. The smallest absolute Gasteiger partial charge is 0.137 e. The molecule has 0 amide bonds. The van der Waals surface area contributed by atoms with E-state index in [0.717, 1.165) is 35.4 Å². The number of aromatic nitrogens is 1. The van der Waals surface area contributed by atoms with Crippen molar-refractivity contribution in [1.82, 2.24) is 9.88 Å². The quantitative estimate of drug-likeness (QED) is 0.551.